The van der Waals surface area contributed by atoms with Gasteiger partial charge in [0.15, 0.2) is 0 Å². The first-order valence-corrected chi connectivity index (χ1v) is 7.36. The molecule has 3 rings (SSSR count). The molecule has 2 nitrogen and oxygen atoms in total. The fraction of sp³-hybridized carbons (Fsp3) is 0.188. The van der Waals surface area contributed by atoms with Crippen LogP contribution in [0.1, 0.15) is 17.5 Å². The minimum absolute atomic E-state index is 0.0329. The minimum atomic E-state index is -0.358. The van der Waals surface area contributed by atoms with Gasteiger partial charge in [-0.3, -0.25) is 4.79 Å². The fourth-order valence-electron chi connectivity index (χ4n) is 2.59. The van der Waals surface area contributed by atoms with Gasteiger partial charge in [0.25, 0.3) is 0 Å². The molecule has 2 aromatic carbocycles. The van der Waals surface area contributed by atoms with E-state index in [1.165, 1.54) is 24.3 Å². The maximum atomic E-state index is 13.4. The van der Waals surface area contributed by atoms with E-state index in [4.69, 9.17) is 0 Å². The van der Waals surface area contributed by atoms with E-state index in [1.807, 2.05) is 0 Å². The molecule has 1 aliphatic heterocycles. The number of benzene rings is 2. The Labute approximate surface area is 129 Å². The van der Waals surface area contributed by atoms with Gasteiger partial charge in [-0.15, -0.1) is 0 Å². The van der Waals surface area contributed by atoms with Gasteiger partial charge in [0.05, 0.1) is 6.54 Å². The van der Waals surface area contributed by atoms with Gasteiger partial charge in [0, 0.05) is 16.6 Å². The van der Waals surface area contributed by atoms with Crippen molar-refractivity contribution >= 4 is 27.5 Å². The van der Waals surface area contributed by atoms with Crippen molar-refractivity contribution < 1.29 is 13.6 Å². The summed E-state index contributed by atoms with van der Waals surface area (Å²) in [6, 6.07) is 8.94. The Balaban J connectivity index is 1.96. The number of hydrogen-bond acceptors (Lipinski definition) is 1. The molecule has 0 atom stereocenters. The number of amides is 1. The third-order valence-electron chi connectivity index (χ3n) is 3.50. The summed E-state index contributed by atoms with van der Waals surface area (Å²) in [4.78, 5) is 13.7. The van der Waals surface area contributed by atoms with Gasteiger partial charge in [0.2, 0.25) is 5.91 Å². The predicted molar refractivity (Wildman–Crippen MR) is 80.0 cm³/mol. The van der Waals surface area contributed by atoms with E-state index >= 15 is 0 Å². The molecule has 0 saturated carbocycles. The summed E-state index contributed by atoms with van der Waals surface area (Å²) < 4.78 is 27.4. The van der Waals surface area contributed by atoms with Crippen molar-refractivity contribution in [2.75, 3.05) is 4.90 Å². The van der Waals surface area contributed by atoms with Crippen molar-refractivity contribution in [3.8, 4) is 0 Å². The molecule has 0 radical (unpaired) electrons. The van der Waals surface area contributed by atoms with Gasteiger partial charge in [-0.25, -0.2) is 8.78 Å². The monoisotopic (exact) mass is 351 g/mol. The third-order valence-corrected chi connectivity index (χ3v) is 3.96. The topological polar surface area (TPSA) is 20.3 Å². The lowest BCUT2D eigenvalue weighted by atomic mass is 10.0. The number of nitrogens with zero attached hydrogens (tertiary/aromatic N) is 1. The van der Waals surface area contributed by atoms with Crippen LogP contribution in [0.25, 0.3) is 0 Å². The van der Waals surface area contributed by atoms with Crippen molar-refractivity contribution in [3.05, 3.63) is 63.6 Å². The molecule has 0 aromatic heterocycles. The SMILES string of the molecule is O=C1CCc2cc(F)ccc2N1Cc1cc(F)cc(Br)c1. The zero-order valence-corrected chi connectivity index (χ0v) is 12.7. The Morgan fingerprint density at radius 2 is 1.86 bits per heavy atom. The zero-order valence-electron chi connectivity index (χ0n) is 11.1. The number of rotatable bonds is 2. The second kappa shape index (κ2) is 5.56. The quantitative estimate of drug-likeness (QED) is 0.793. The number of hydrogen-bond donors (Lipinski definition) is 0. The average molecular weight is 352 g/mol. The van der Waals surface area contributed by atoms with Crippen LogP contribution in [0.15, 0.2) is 40.9 Å². The lowest BCUT2D eigenvalue weighted by Crippen LogP contribution is -2.34. The number of anilines is 1. The number of carbonyl (C=O) groups excluding carboxylic acids is 1. The summed E-state index contributed by atoms with van der Waals surface area (Å²) in [6.07, 6.45) is 0.877. The van der Waals surface area contributed by atoms with Crippen LogP contribution in [0, 0.1) is 11.6 Å². The zero-order chi connectivity index (χ0) is 15.0. The third kappa shape index (κ3) is 2.97. The molecule has 0 unspecified atom stereocenters. The van der Waals surface area contributed by atoms with Crippen LogP contribution in [0.4, 0.5) is 14.5 Å². The first kappa shape index (κ1) is 14.2. The van der Waals surface area contributed by atoms with Gasteiger partial charge in [0.1, 0.15) is 11.6 Å². The summed E-state index contributed by atoms with van der Waals surface area (Å²) in [7, 11) is 0. The van der Waals surface area contributed by atoms with Crippen molar-refractivity contribution in [2.45, 2.75) is 19.4 Å². The van der Waals surface area contributed by atoms with E-state index in [0.29, 0.717) is 28.6 Å². The Hall–Kier alpha value is -1.75. The molecule has 0 aliphatic carbocycles. The highest BCUT2D eigenvalue weighted by Crippen LogP contribution is 2.30. The Bertz CT molecular complexity index is 697. The van der Waals surface area contributed by atoms with Crippen LogP contribution >= 0.6 is 15.9 Å². The van der Waals surface area contributed by atoms with E-state index < -0.39 is 0 Å². The molecule has 0 spiro atoms. The van der Waals surface area contributed by atoms with Crippen LogP contribution in [-0.2, 0) is 17.8 Å². The van der Waals surface area contributed by atoms with Crippen LogP contribution in [0.5, 0.6) is 0 Å². The van der Waals surface area contributed by atoms with Gasteiger partial charge in [-0.2, -0.15) is 0 Å². The summed E-state index contributed by atoms with van der Waals surface area (Å²) in [5.74, 6) is -0.700. The summed E-state index contributed by atoms with van der Waals surface area (Å²) in [6.45, 7) is 0.272. The summed E-state index contributed by atoms with van der Waals surface area (Å²) >= 11 is 3.24. The van der Waals surface area contributed by atoms with Crippen LogP contribution < -0.4 is 4.90 Å². The molecule has 0 saturated heterocycles. The molecule has 1 aliphatic rings. The smallest absolute Gasteiger partial charge is 0.227 e. The van der Waals surface area contributed by atoms with Crippen LogP contribution in [-0.4, -0.2) is 5.91 Å². The van der Waals surface area contributed by atoms with Crippen molar-refractivity contribution in [2.24, 2.45) is 0 Å². The maximum absolute atomic E-state index is 13.4. The van der Waals surface area contributed by atoms with Gasteiger partial charge >= 0.3 is 0 Å². The van der Waals surface area contributed by atoms with E-state index in [0.717, 1.165) is 5.56 Å². The standard InChI is InChI=1S/C16H12BrF2NO/c17-12-5-10(6-14(19)8-12)9-20-15-3-2-13(18)7-11(15)1-4-16(20)21/h2-3,5-8H,1,4,9H2. The first-order chi connectivity index (χ1) is 10.0. The van der Waals surface area contributed by atoms with Crippen LogP contribution in [0.2, 0.25) is 0 Å². The normalized spacial score (nSPS) is 14.2. The molecule has 0 fully saturated rings. The van der Waals surface area contributed by atoms with Crippen molar-refractivity contribution in [3.63, 3.8) is 0 Å². The summed E-state index contributed by atoms with van der Waals surface area (Å²) in [5, 5.41) is 0. The first-order valence-electron chi connectivity index (χ1n) is 6.57. The van der Waals surface area contributed by atoms with Gasteiger partial charge in [-0.1, -0.05) is 15.9 Å². The minimum Gasteiger partial charge on any atom is -0.308 e. The summed E-state index contributed by atoms with van der Waals surface area (Å²) in [5.41, 5.74) is 2.20. The number of halogens is 3. The molecule has 1 amide bonds. The molecule has 1 heterocycles. The highest BCUT2D eigenvalue weighted by molar-refractivity contribution is 9.10. The molecule has 0 N–H and O–H groups in total. The van der Waals surface area contributed by atoms with Crippen LogP contribution in [0.3, 0.4) is 0 Å². The molecular formula is C16H12BrF2NO. The van der Waals surface area contributed by atoms with E-state index in [2.05, 4.69) is 15.9 Å². The highest BCUT2D eigenvalue weighted by Gasteiger charge is 2.24. The largest absolute Gasteiger partial charge is 0.308 e. The fourth-order valence-corrected chi connectivity index (χ4v) is 3.10. The predicted octanol–water partition coefficient (Wildman–Crippen LogP) is 4.21. The Morgan fingerprint density at radius 3 is 2.62 bits per heavy atom. The molecule has 0 bridgehead atoms. The molecule has 5 heteroatoms. The number of fused-ring (bicyclic) bond motifs is 1. The van der Waals surface area contributed by atoms with Gasteiger partial charge < -0.3 is 4.90 Å². The second-order valence-electron chi connectivity index (χ2n) is 5.03. The van der Waals surface area contributed by atoms with Gasteiger partial charge in [-0.05, 0) is 53.9 Å². The van der Waals surface area contributed by atoms with E-state index in [-0.39, 0.29) is 24.1 Å². The number of aryl methyl sites for hydroxylation is 1. The Kier molecular flexibility index (Phi) is 3.76. The van der Waals surface area contributed by atoms with Crippen molar-refractivity contribution in [1.29, 1.82) is 0 Å². The molecular weight excluding hydrogens is 340 g/mol. The lowest BCUT2D eigenvalue weighted by molar-refractivity contribution is -0.119. The maximum Gasteiger partial charge on any atom is 0.227 e. The van der Waals surface area contributed by atoms with Crippen molar-refractivity contribution in [1.82, 2.24) is 0 Å². The molecule has 21 heavy (non-hydrogen) atoms. The lowest BCUT2D eigenvalue weighted by Gasteiger charge is -2.29. The Morgan fingerprint density at radius 1 is 1.05 bits per heavy atom. The van der Waals surface area contributed by atoms with E-state index in [1.54, 1.807) is 17.0 Å². The average Bonchev–Trinajstić information content (AvgIpc) is 2.41. The van der Waals surface area contributed by atoms with E-state index in [9.17, 15) is 13.6 Å². The molecule has 2 aromatic rings. The highest BCUT2D eigenvalue weighted by atomic mass is 79.9. The second-order valence-corrected chi connectivity index (χ2v) is 5.95. The molecule has 108 valence electrons. The number of carbonyl (C=O) groups is 1.